The molecule has 1 spiro atoms. The molecule has 3 aromatic heterocycles. The second kappa shape index (κ2) is 14.7. The van der Waals surface area contributed by atoms with Gasteiger partial charge < -0.3 is 24.1 Å². The third kappa shape index (κ3) is 8.04. The first-order chi connectivity index (χ1) is 27.1. The highest BCUT2D eigenvalue weighted by atomic mass is 19.4. The molecule has 1 N–H and O–H groups in total. The van der Waals surface area contributed by atoms with Gasteiger partial charge in [0.2, 0.25) is 11.8 Å². The van der Waals surface area contributed by atoms with Crippen molar-refractivity contribution >= 4 is 24.4 Å². The molecule has 20 heteroatoms. The van der Waals surface area contributed by atoms with Crippen molar-refractivity contribution in [3.63, 3.8) is 0 Å². The number of hydrogen-bond acceptors (Lipinski definition) is 7. The van der Waals surface area contributed by atoms with E-state index in [1.807, 2.05) is 13.8 Å². The Morgan fingerprint density at radius 3 is 2.38 bits per heavy atom. The third-order valence-electron chi connectivity index (χ3n) is 11.0. The summed E-state index contributed by atoms with van der Waals surface area (Å²) in [6, 6.07) is 4.83. The highest BCUT2D eigenvalue weighted by Crippen LogP contribution is 2.65. The fourth-order valence-corrected chi connectivity index (χ4v) is 7.90. The summed E-state index contributed by atoms with van der Waals surface area (Å²) in [5.41, 5.74) is -4.15. The van der Waals surface area contributed by atoms with Crippen molar-refractivity contribution in [1.29, 1.82) is 0 Å². The fraction of sp³-hybridized carbons (Fsp3) is 0.500. The van der Waals surface area contributed by atoms with Crippen molar-refractivity contribution in [3.05, 3.63) is 87.7 Å². The second-order valence-electron chi connectivity index (χ2n) is 16.8. The van der Waals surface area contributed by atoms with E-state index in [1.165, 1.54) is 31.9 Å². The fourth-order valence-electron chi connectivity index (χ4n) is 7.90. The maximum absolute atomic E-state index is 15.7. The number of rotatable bonds is 11. The average Bonchev–Trinajstić information content (AvgIpc) is 3.39. The molecular weight excluding hydrogens is 778 g/mol. The van der Waals surface area contributed by atoms with Crippen LogP contribution in [0.25, 0.3) is 11.3 Å². The zero-order valence-corrected chi connectivity index (χ0v) is 32.2. The van der Waals surface area contributed by atoms with E-state index in [2.05, 4.69) is 15.5 Å². The maximum Gasteiger partial charge on any atom is 0.494 e. The SMILES string of the molecule is Cn1cc(-c2cc(C(F)(F)F)nn2CC(C)(C)NC(=O)[C@@H](Cc2cnn(C(F)F)c2)N2CC[C@@]3(C[C@@H]3c3ccc(B4OCC(C)(C)CO4)cc3F)C2=O)cc(F)c1=O. The van der Waals surface area contributed by atoms with Crippen LogP contribution in [0.3, 0.4) is 0 Å². The van der Waals surface area contributed by atoms with Gasteiger partial charge >= 0.3 is 19.8 Å². The predicted molar refractivity (Wildman–Crippen MR) is 195 cm³/mol. The molecule has 0 radical (unpaired) electrons. The van der Waals surface area contributed by atoms with Gasteiger partial charge in [0.25, 0.3) is 5.56 Å². The summed E-state index contributed by atoms with van der Waals surface area (Å²) in [4.78, 5) is 41.9. The van der Waals surface area contributed by atoms with Crippen molar-refractivity contribution in [3.8, 4) is 11.3 Å². The van der Waals surface area contributed by atoms with Crippen molar-refractivity contribution in [2.24, 2.45) is 17.9 Å². The standard InChI is InChI=1S/C38H41BF7N7O5/c1-35(2)19-57-39(58-20-35)23-6-7-24(26(40)12-23)25-14-37(25)8-9-51(33(37)56)29(10-21-15-47-52(16-21)34(42)43)31(54)48-36(3,4)18-53-28(13-30(49-53)38(44,45)46)22-11-27(41)32(55)50(5)17-22/h6-7,11-13,15-17,25,29,34H,8-10,14,18-20H2,1-5H3,(H,48,54)/t25-,29-,37+/m1/s1. The number of likely N-dealkylation sites (tertiary alicyclic amines) is 1. The van der Waals surface area contributed by atoms with Crippen LogP contribution in [0.5, 0.6) is 0 Å². The predicted octanol–water partition coefficient (Wildman–Crippen LogP) is 4.82. The van der Waals surface area contributed by atoms with E-state index in [9.17, 15) is 40.7 Å². The summed E-state index contributed by atoms with van der Waals surface area (Å²) in [7, 11) is 0.494. The molecule has 1 aromatic carbocycles. The van der Waals surface area contributed by atoms with Gasteiger partial charge in [-0.2, -0.15) is 32.1 Å². The van der Waals surface area contributed by atoms with Crippen LogP contribution in [0.4, 0.5) is 30.7 Å². The number of nitrogens with zero attached hydrogens (tertiary/aromatic N) is 6. The van der Waals surface area contributed by atoms with E-state index >= 15 is 4.39 Å². The average molecular weight is 820 g/mol. The smallest absolute Gasteiger partial charge is 0.407 e. The van der Waals surface area contributed by atoms with Crippen LogP contribution >= 0.6 is 0 Å². The lowest BCUT2D eigenvalue weighted by atomic mass is 9.75. The van der Waals surface area contributed by atoms with Crippen LogP contribution in [0.15, 0.2) is 53.7 Å². The highest BCUT2D eigenvalue weighted by molar-refractivity contribution is 6.61. The number of halogens is 7. The number of benzene rings is 1. The van der Waals surface area contributed by atoms with Gasteiger partial charge in [0, 0.05) is 62.5 Å². The highest BCUT2D eigenvalue weighted by Gasteiger charge is 2.66. The first-order valence-corrected chi connectivity index (χ1v) is 18.6. The first-order valence-electron chi connectivity index (χ1n) is 18.6. The Kier molecular flexibility index (Phi) is 10.4. The summed E-state index contributed by atoms with van der Waals surface area (Å²) in [6.45, 7) is 4.53. The Morgan fingerprint density at radius 2 is 1.76 bits per heavy atom. The zero-order chi connectivity index (χ0) is 42.1. The molecule has 3 atom stereocenters. The van der Waals surface area contributed by atoms with Crippen LogP contribution in [-0.4, -0.2) is 79.3 Å². The van der Waals surface area contributed by atoms with Gasteiger partial charge in [-0.1, -0.05) is 26.0 Å². The van der Waals surface area contributed by atoms with E-state index in [1.54, 1.807) is 12.1 Å². The summed E-state index contributed by atoms with van der Waals surface area (Å²) in [6.07, 6.45) is -1.21. The van der Waals surface area contributed by atoms with E-state index < -0.39 is 84.0 Å². The zero-order valence-electron chi connectivity index (χ0n) is 32.2. The molecule has 2 saturated heterocycles. The number of pyridine rings is 1. The van der Waals surface area contributed by atoms with Crippen molar-refractivity contribution in [1.82, 2.24) is 34.3 Å². The molecule has 1 saturated carbocycles. The van der Waals surface area contributed by atoms with Crippen LogP contribution < -0.4 is 16.3 Å². The largest absolute Gasteiger partial charge is 0.494 e. The van der Waals surface area contributed by atoms with Crippen molar-refractivity contribution < 1.29 is 49.6 Å². The Balaban J connectivity index is 1.13. The number of carbonyl (C=O) groups excluding carboxylic acids is 2. The lowest BCUT2D eigenvalue weighted by Crippen LogP contribution is -2.56. The molecule has 5 heterocycles. The first kappa shape index (κ1) is 41.2. The molecule has 7 rings (SSSR count). The van der Waals surface area contributed by atoms with Gasteiger partial charge in [-0.25, -0.2) is 13.5 Å². The molecule has 310 valence electrons. The molecule has 0 bridgehead atoms. The molecule has 2 aliphatic heterocycles. The number of hydrogen-bond donors (Lipinski definition) is 1. The van der Waals surface area contributed by atoms with Crippen LogP contribution in [-0.2, 0) is 45.1 Å². The molecule has 58 heavy (non-hydrogen) atoms. The normalized spacial score (nSPS) is 21.3. The lowest BCUT2D eigenvalue weighted by Gasteiger charge is -2.33. The Morgan fingerprint density at radius 1 is 1.05 bits per heavy atom. The molecule has 0 unspecified atom stereocenters. The third-order valence-corrected chi connectivity index (χ3v) is 11.0. The summed E-state index contributed by atoms with van der Waals surface area (Å²) in [5, 5.41) is 10.1. The minimum atomic E-state index is -4.90. The lowest BCUT2D eigenvalue weighted by molar-refractivity contribution is -0.141. The van der Waals surface area contributed by atoms with Crippen molar-refractivity contribution in [2.75, 3.05) is 19.8 Å². The van der Waals surface area contributed by atoms with Gasteiger partial charge in [-0.3, -0.25) is 19.1 Å². The molecule has 3 aliphatic rings. The minimum absolute atomic E-state index is 0.0760. The van der Waals surface area contributed by atoms with Crippen molar-refractivity contribution in [2.45, 2.75) is 83.7 Å². The number of amides is 2. The van der Waals surface area contributed by atoms with Gasteiger partial charge in [0.05, 0.1) is 29.4 Å². The summed E-state index contributed by atoms with van der Waals surface area (Å²) >= 11 is 0. The molecule has 1 aliphatic carbocycles. The number of aromatic nitrogens is 5. The van der Waals surface area contributed by atoms with E-state index in [-0.39, 0.29) is 41.6 Å². The Hall–Kier alpha value is -4.98. The monoisotopic (exact) mass is 819 g/mol. The minimum Gasteiger partial charge on any atom is -0.407 e. The van der Waals surface area contributed by atoms with Crippen LogP contribution in [0.2, 0.25) is 0 Å². The van der Waals surface area contributed by atoms with Gasteiger partial charge in [0.15, 0.2) is 11.5 Å². The molecular formula is C38H41BF7N7O5. The summed E-state index contributed by atoms with van der Waals surface area (Å²) in [5.74, 6) is -3.42. The van der Waals surface area contributed by atoms with E-state index in [0.717, 1.165) is 33.9 Å². The van der Waals surface area contributed by atoms with Crippen LogP contribution in [0.1, 0.15) is 69.8 Å². The van der Waals surface area contributed by atoms with Gasteiger partial charge in [0.1, 0.15) is 11.9 Å². The number of carbonyl (C=O) groups is 2. The van der Waals surface area contributed by atoms with Gasteiger partial charge in [-0.05, 0) is 61.5 Å². The summed E-state index contributed by atoms with van der Waals surface area (Å²) < 4.78 is 113. The number of aryl methyl sites for hydroxylation is 1. The van der Waals surface area contributed by atoms with Gasteiger partial charge in [-0.15, -0.1) is 0 Å². The van der Waals surface area contributed by atoms with Crippen LogP contribution in [0, 0.1) is 22.5 Å². The quantitative estimate of drug-likeness (QED) is 0.170. The molecule has 4 aromatic rings. The maximum atomic E-state index is 15.7. The Bertz CT molecular complexity index is 2270. The second-order valence-corrected chi connectivity index (χ2v) is 16.8. The number of alkyl halides is 5. The topological polar surface area (TPSA) is 126 Å². The molecule has 2 amide bonds. The molecule has 3 fully saturated rings. The van der Waals surface area contributed by atoms with E-state index in [4.69, 9.17) is 9.31 Å². The number of nitrogens with one attached hydrogen (secondary N) is 1. The molecule has 12 nitrogen and oxygen atoms in total. The van der Waals surface area contributed by atoms with E-state index in [0.29, 0.717) is 41.4 Å². The Labute approximate surface area is 328 Å².